The van der Waals surface area contributed by atoms with Crippen LogP contribution in [0.5, 0.6) is 5.88 Å². The number of thioether (sulfide) groups is 1. The smallest absolute Gasteiger partial charge is 0.255 e. The Kier molecular flexibility index (Phi) is 4.11. The predicted molar refractivity (Wildman–Crippen MR) is 93.3 cm³/mol. The molecule has 0 radical (unpaired) electrons. The van der Waals surface area contributed by atoms with Crippen molar-refractivity contribution in [1.29, 1.82) is 0 Å². The molecule has 4 rings (SSSR count). The van der Waals surface area contributed by atoms with Gasteiger partial charge in [-0.3, -0.25) is 9.78 Å². The Morgan fingerprint density at radius 2 is 2.28 bits per heavy atom. The zero-order valence-electron chi connectivity index (χ0n) is 13.8. The number of pyridine rings is 2. The van der Waals surface area contributed by atoms with Gasteiger partial charge in [-0.15, -0.1) is 11.8 Å². The second kappa shape index (κ2) is 6.29. The number of nitrogens with zero attached hydrogens (tertiary/aromatic N) is 3. The largest absolute Gasteiger partial charge is 0.471 e. The number of likely N-dealkylation sites (tertiary alicyclic amines) is 1. The molecule has 7 heteroatoms. The van der Waals surface area contributed by atoms with E-state index in [1.54, 1.807) is 30.2 Å². The molecule has 25 heavy (non-hydrogen) atoms. The lowest BCUT2D eigenvalue weighted by molar-refractivity contribution is 0.0513. The van der Waals surface area contributed by atoms with E-state index in [1.807, 2.05) is 17.9 Å². The molecule has 0 N–H and O–H groups in total. The van der Waals surface area contributed by atoms with Crippen LogP contribution in [-0.4, -0.2) is 50.5 Å². The fraction of sp³-hybridized carbons (Fsp3) is 0.389. The molecule has 0 saturated carbocycles. The number of halogens is 1. The summed E-state index contributed by atoms with van der Waals surface area (Å²) in [4.78, 5) is 22.4. The Balaban J connectivity index is 1.36. The molecule has 130 valence electrons. The monoisotopic (exact) mass is 359 g/mol. The minimum atomic E-state index is -0.439. The molecular formula is C18H18FN3O2S. The van der Waals surface area contributed by atoms with E-state index in [0.29, 0.717) is 18.7 Å². The summed E-state index contributed by atoms with van der Waals surface area (Å²) in [6.07, 6.45) is 5.59. The summed E-state index contributed by atoms with van der Waals surface area (Å²) in [5, 5.41) is 0. The molecule has 0 bridgehead atoms. The first-order valence-corrected chi connectivity index (χ1v) is 9.15. The van der Waals surface area contributed by atoms with Crippen molar-refractivity contribution in [1.82, 2.24) is 14.9 Å². The van der Waals surface area contributed by atoms with Crippen LogP contribution in [0, 0.1) is 12.7 Å². The standard InChI is InChI=1S/C18H18FN3O2S/c1-12-5-13(8-20-7-12)17(23)22-10-18(11-22)6-14(9-25-18)24-16-15(19)3-2-4-21-16/h2-5,7-8,14H,6,9-11H2,1H3. The molecule has 0 aromatic carbocycles. The molecule has 2 aromatic heterocycles. The molecule has 4 heterocycles. The van der Waals surface area contributed by atoms with Crippen molar-refractivity contribution in [2.45, 2.75) is 24.2 Å². The molecular weight excluding hydrogens is 341 g/mol. The number of aryl methyl sites for hydroxylation is 1. The van der Waals surface area contributed by atoms with E-state index in [4.69, 9.17) is 4.74 Å². The number of aromatic nitrogens is 2. The average Bonchev–Trinajstić information content (AvgIpc) is 2.99. The topological polar surface area (TPSA) is 55.3 Å². The van der Waals surface area contributed by atoms with Crippen LogP contribution >= 0.6 is 11.8 Å². The van der Waals surface area contributed by atoms with Gasteiger partial charge in [-0.1, -0.05) is 0 Å². The molecule has 2 saturated heterocycles. The maximum atomic E-state index is 13.7. The summed E-state index contributed by atoms with van der Waals surface area (Å²) >= 11 is 1.80. The summed E-state index contributed by atoms with van der Waals surface area (Å²) in [5.74, 6) is 0.418. The number of hydrogen-bond donors (Lipinski definition) is 0. The van der Waals surface area contributed by atoms with Crippen LogP contribution < -0.4 is 4.74 Å². The molecule has 2 fully saturated rings. The predicted octanol–water partition coefficient (Wildman–Crippen LogP) is 2.70. The third-order valence-electron chi connectivity index (χ3n) is 4.55. The lowest BCUT2D eigenvalue weighted by atomic mass is 9.92. The van der Waals surface area contributed by atoms with E-state index in [2.05, 4.69) is 9.97 Å². The Morgan fingerprint density at radius 3 is 3.04 bits per heavy atom. The van der Waals surface area contributed by atoms with E-state index in [-0.39, 0.29) is 22.6 Å². The molecule has 2 aliphatic rings. The van der Waals surface area contributed by atoms with Crippen molar-refractivity contribution >= 4 is 17.7 Å². The van der Waals surface area contributed by atoms with Crippen molar-refractivity contribution in [2.75, 3.05) is 18.8 Å². The summed E-state index contributed by atoms with van der Waals surface area (Å²) in [5.41, 5.74) is 1.60. The summed E-state index contributed by atoms with van der Waals surface area (Å²) in [6, 6.07) is 4.75. The summed E-state index contributed by atoms with van der Waals surface area (Å²) in [6.45, 7) is 3.30. The third kappa shape index (κ3) is 3.20. The van der Waals surface area contributed by atoms with E-state index in [9.17, 15) is 9.18 Å². The molecule has 1 amide bonds. The summed E-state index contributed by atoms with van der Waals surface area (Å²) in [7, 11) is 0. The van der Waals surface area contributed by atoms with Crippen LogP contribution in [0.4, 0.5) is 4.39 Å². The SMILES string of the molecule is Cc1cncc(C(=O)N2CC3(CC(Oc4ncccc4F)CS3)C2)c1. The Morgan fingerprint density at radius 1 is 1.44 bits per heavy atom. The lowest BCUT2D eigenvalue weighted by Gasteiger charge is -2.47. The fourth-order valence-electron chi connectivity index (χ4n) is 3.36. The maximum Gasteiger partial charge on any atom is 0.255 e. The molecule has 2 aliphatic heterocycles. The highest BCUT2D eigenvalue weighted by molar-refractivity contribution is 8.01. The third-order valence-corrected chi connectivity index (χ3v) is 6.12. The number of rotatable bonds is 3. The van der Waals surface area contributed by atoms with Crippen molar-refractivity contribution in [3.63, 3.8) is 0 Å². The number of amides is 1. The van der Waals surface area contributed by atoms with Crippen molar-refractivity contribution in [2.24, 2.45) is 0 Å². The molecule has 0 aliphatic carbocycles. The van der Waals surface area contributed by atoms with Crippen LogP contribution in [0.15, 0.2) is 36.8 Å². The number of ether oxygens (including phenoxy) is 1. The maximum absolute atomic E-state index is 13.7. The molecule has 1 spiro atoms. The Bertz CT molecular complexity index is 810. The molecule has 5 nitrogen and oxygen atoms in total. The number of hydrogen-bond acceptors (Lipinski definition) is 5. The summed E-state index contributed by atoms with van der Waals surface area (Å²) < 4.78 is 19.4. The van der Waals surface area contributed by atoms with Crippen molar-refractivity contribution < 1.29 is 13.9 Å². The van der Waals surface area contributed by atoms with Crippen LogP contribution in [0.2, 0.25) is 0 Å². The van der Waals surface area contributed by atoms with Crippen molar-refractivity contribution in [3.05, 3.63) is 53.7 Å². The minimum absolute atomic E-state index is 0.0163. The first-order chi connectivity index (χ1) is 12.0. The van der Waals surface area contributed by atoms with Gasteiger partial charge in [-0.25, -0.2) is 9.37 Å². The Labute approximate surface area is 149 Å². The second-order valence-electron chi connectivity index (χ2n) is 6.64. The van der Waals surface area contributed by atoms with Crippen LogP contribution in [0.25, 0.3) is 0 Å². The van der Waals surface area contributed by atoms with E-state index < -0.39 is 5.82 Å². The molecule has 2 aromatic rings. The lowest BCUT2D eigenvalue weighted by Crippen LogP contribution is -2.60. The number of carbonyl (C=O) groups is 1. The van der Waals surface area contributed by atoms with Crippen molar-refractivity contribution in [3.8, 4) is 5.88 Å². The second-order valence-corrected chi connectivity index (χ2v) is 8.13. The highest BCUT2D eigenvalue weighted by Crippen LogP contribution is 2.46. The van der Waals surface area contributed by atoms with Gasteiger partial charge < -0.3 is 9.64 Å². The van der Waals surface area contributed by atoms with Gasteiger partial charge in [0.1, 0.15) is 6.10 Å². The first-order valence-electron chi connectivity index (χ1n) is 8.17. The van der Waals surface area contributed by atoms with Gasteiger partial charge in [0.25, 0.3) is 11.8 Å². The highest BCUT2D eigenvalue weighted by atomic mass is 32.2. The van der Waals surface area contributed by atoms with Gasteiger partial charge in [-0.2, -0.15) is 0 Å². The normalized spacial score (nSPS) is 21.2. The minimum Gasteiger partial charge on any atom is -0.471 e. The molecule has 1 atom stereocenters. The van der Waals surface area contributed by atoms with E-state index in [0.717, 1.165) is 17.7 Å². The van der Waals surface area contributed by atoms with Gasteiger partial charge in [0, 0.05) is 43.9 Å². The van der Waals surface area contributed by atoms with Crippen LogP contribution in [0.1, 0.15) is 22.3 Å². The van der Waals surface area contributed by atoms with Gasteiger partial charge in [0.15, 0.2) is 5.82 Å². The quantitative estimate of drug-likeness (QED) is 0.843. The average molecular weight is 359 g/mol. The zero-order chi connectivity index (χ0) is 17.4. The molecule has 1 unspecified atom stereocenters. The van der Waals surface area contributed by atoms with Crippen LogP contribution in [0.3, 0.4) is 0 Å². The van der Waals surface area contributed by atoms with Gasteiger partial charge in [-0.05, 0) is 30.7 Å². The highest BCUT2D eigenvalue weighted by Gasteiger charge is 2.51. The number of carbonyl (C=O) groups excluding carboxylic acids is 1. The first kappa shape index (κ1) is 16.3. The van der Waals surface area contributed by atoms with E-state index >= 15 is 0 Å². The van der Waals surface area contributed by atoms with Crippen LogP contribution in [-0.2, 0) is 0 Å². The van der Waals surface area contributed by atoms with E-state index in [1.165, 1.54) is 12.3 Å². The zero-order valence-corrected chi connectivity index (χ0v) is 14.6. The van der Waals surface area contributed by atoms with Gasteiger partial charge in [0.2, 0.25) is 0 Å². The fourth-order valence-corrected chi connectivity index (χ4v) is 4.89. The Hall–Kier alpha value is -2.15. The van der Waals surface area contributed by atoms with Gasteiger partial charge in [0.05, 0.1) is 10.3 Å². The van der Waals surface area contributed by atoms with Gasteiger partial charge >= 0.3 is 0 Å².